The van der Waals surface area contributed by atoms with Crippen molar-refractivity contribution in [3.63, 3.8) is 0 Å². The van der Waals surface area contributed by atoms with Crippen molar-refractivity contribution >= 4 is 23.3 Å². The Morgan fingerprint density at radius 2 is 2.00 bits per heavy atom. The highest BCUT2D eigenvalue weighted by atomic mass is 32.1. The maximum Gasteiger partial charge on any atom is 0.410 e. The van der Waals surface area contributed by atoms with E-state index in [1.54, 1.807) is 7.05 Å². The van der Waals surface area contributed by atoms with Gasteiger partial charge in [0, 0.05) is 18.5 Å². The smallest absolute Gasteiger partial charge is 0.410 e. The van der Waals surface area contributed by atoms with E-state index >= 15 is 0 Å². The molecule has 1 saturated heterocycles. The molecule has 2 amide bonds. The van der Waals surface area contributed by atoms with Crippen LogP contribution in [-0.4, -0.2) is 36.1 Å². The monoisotopic (exact) mass is 338 g/mol. The second-order valence-electron chi connectivity index (χ2n) is 7.11. The lowest BCUT2D eigenvalue weighted by Gasteiger charge is -2.38. The molecular weight excluding hydrogens is 312 g/mol. The molecule has 23 heavy (non-hydrogen) atoms. The molecule has 1 fully saturated rings. The highest BCUT2D eigenvalue weighted by molar-refractivity contribution is 7.14. The van der Waals surface area contributed by atoms with Crippen LogP contribution in [0.4, 0.5) is 4.79 Å². The fourth-order valence-corrected chi connectivity index (χ4v) is 3.85. The van der Waals surface area contributed by atoms with Crippen molar-refractivity contribution in [2.75, 3.05) is 13.6 Å². The highest BCUT2D eigenvalue weighted by Gasteiger charge is 2.34. The maximum absolute atomic E-state index is 12.6. The van der Waals surface area contributed by atoms with Gasteiger partial charge in [0.05, 0.1) is 10.9 Å². The number of carbonyl (C=O) groups is 2. The fraction of sp³-hybridized carbons (Fsp3) is 0.647. The molecule has 1 aliphatic heterocycles. The number of carbonyl (C=O) groups excluding carboxylic acids is 2. The molecular formula is C17H26N2O3S. The van der Waals surface area contributed by atoms with Gasteiger partial charge in [-0.2, -0.15) is 0 Å². The summed E-state index contributed by atoms with van der Waals surface area (Å²) in [6.45, 7) is 8.47. The van der Waals surface area contributed by atoms with Gasteiger partial charge >= 0.3 is 6.09 Å². The summed E-state index contributed by atoms with van der Waals surface area (Å²) in [7, 11) is 1.62. The van der Waals surface area contributed by atoms with E-state index in [1.807, 2.05) is 37.8 Å². The lowest BCUT2D eigenvalue weighted by molar-refractivity contribution is 0.00411. The third kappa shape index (κ3) is 4.47. The van der Waals surface area contributed by atoms with Crippen LogP contribution in [0, 0.1) is 5.92 Å². The first-order valence-corrected chi connectivity index (χ1v) is 8.84. The second-order valence-corrected chi connectivity index (χ2v) is 8.23. The van der Waals surface area contributed by atoms with E-state index in [-0.39, 0.29) is 18.0 Å². The number of ether oxygens (including phenoxy) is 1. The van der Waals surface area contributed by atoms with E-state index < -0.39 is 5.60 Å². The molecule has 0 bridgehead atoms. The summed E-state index contributed by atoms with van der Waals surface area (Å²) in [6, 6.07) is 3.77. The predicted octanol–water partition coefficient (Wildman–Crippen LogP) is 3.82. The molecule has 0 saturated carbocycles. The summed E-state index contributed by atoms with van der Waals surface area (Å²) < 4.78 is 5.57. The van der Waals surface area contributed by atoms with E-state index in [1.165, 1.54) is 11.3 Å². The topological polar surface area (TPSA) is 58.6 Å². The Bertz CT molecular complexity index is 577. The average Bonchev–Trinajstić information content (AvgIpc) is 2.94. The van der Waals surface area contributed by atoms with Crippen LogP contribution >= 0.6 is 11.3 Å². The summed E-state index contributed by atoms with van der Waals surface area (Å²) in [6.07, 6.45) is 1.69. The molecule has 2 heterocycles. The molecule has 0 unspecified atom stereocenters. The van der Waals surface area contributed by atoms with Crippen molar-refractivity contribution in [3.05, 3.63) is 21.9 Å². The van der Waals surface area contributed by atoms with Crippen LogP contribution in [-0.2, 0) is 4.74 Å². The number of likely N-dealkylation sites (tertiary alicyclic amines) is 1. The molecule has 0 radical (unpaired) electrons. The number of thiophene rings is 1. The SMILES string of the molecule is CNC(=O)c1ccc([C@H]2CC[C@H](C)CN2C(=O)OC(C)(C)C)s1. The molecule has 2 atom stereocenters. The molecule has 128 valence electrons. The standard InChI is InChI=1S/C17H26N2O3S/c1-11-6-7-12(13-8-9-14(23-13)15(20)18-5)19(10-11)16(21)22-17(2,3)4/h8-9,11-12H,6-7,10H2,1-5H3,(H,18,20)/t11-,12+/m0/s1. The van der Waals surface area contributed by atoms with Crippen LogP contribution < -0.4 is 5.32 Å². The summed E-state index contributed by atoms with van der Waals surface area (Å²) in [5, 5.41) is 2.64. The zero-order valence-electron chi connectivity index (χ0n) is 14.5. The first-order chi connectivity index (χ1) is 10.7. The van der Waals surface area contributed by atoms with Crippen LogP contribution in [0.15, 0.2) is 12.1 Å². The molecule has 6 heteroatoms. The van der Waals surface area contributed by atoms with E-state index in [0.29, 0.717) is 17.3 Å². The molecule has 0 aromatic carbocycles. The number of amides is 2. The number of hydrogen-bond acceptors (Lipinski definition) is 4. The lowest BCUT2D eigenvalue weighted by Crippen LogP contribution is -2.44. The number of nitrogens with one attached hydrogen (secondary N) is 1. The van der Waals surface area contributed by atoms with Gasteiger partial charge in [0.15, 0.2) is 0 Å². The molecule has 2 rings (SSSR count). The minimum absolute atomic E-state index is 0.00976. The van der Waals surface area contributed by atoms with Gasteiger partial charge in [0.1, 0.15) is 5.60 Å². The quantitative estimate of drug-likeness (QED) is 0.892. The van der Waals surface area contributed by atoms with E-state index in [9.17, 15) is 9.59 Å². The molecule has 0 aliphatic carbocycles. The Labute approximate surface area is 142 Å². The van der Waals surface area contributed by atoms with Gasteiger partial charge in [0.2, 0.25) is 0 Å². The van der Waals surface area contributed by atoms with Gasteiger partial charge in [-0.15, -0.1) is 11.3 Å². The van der Waals surface area contributed by atoms with Crippen molar-refractivity contribution in [2.45, 2.75) is 52.2 Å². The minimum atomic E-state index is -0.509. The fourth-order valence-electron chi connectivity index (χ4n) is 2.75. The molecule has 1 N–H and O–H groups in total. The van der Waals surface area contributed by atoms with Crippen LogP contribution in [0.5, 0.6) is 0 Å². The van der Waals surface area contributed by atoms with Crippen LogP contribution in [0.1, 0.15) is 61.1 Å². The van der Waals surface area contributed by atoms with Gasteiger partial charge in [0.25, 0.3) is 5.91 Å². The predicted molar refractivity (Wildman–Crippen MR) is 91.8 cm³/mol. The average molecular weight is 338 g/mol. The molecule has 1 aromatic heterocycles. The Morgan fingerprint density at radius 3 is 2.61 bits per heavy atom. The molecule has 5 nitrogen and oxygen atoms in total. The van der Waals surface area contributed by atoms with Crippen LogP contribution in [0.2, 0.25) is 0 Å². The summed E-state index contributed by atoms with van der Waals surface area (Å²) >= 11 is 1.45. The van der Waals surface area contributed by atoms with E-state index in [0.717, 1.165) is 17.7 Å². The normalized spacial score (nSPS) is 21.9. The Kier molecular flexibility index (Phi) is 5.34. The van der Waals surface area contributed by atoms with Gasteiger partial charge in [-0.3, -0.25) is 4.79 Å². The van der Waals surface area contributed by atoms with Crippen molar-refractivity contribution in [2.24, 2.45) is 5.92 Å². The largest absolute Gasteiger partial charge is 0.444 e. The number of piperidine rings is 1. The Morgan fingerprint density at radius 1 is 1.30 bits per heavy atom. The highest BCUT2D eigenvalue weighted by Crippen LogP contribution is 2.37. The van der Waals surface area contributed by atoms with Gasteiger partial charge in [-0.05, 0) is 51.7 Å². The third-order valence-corrected chi connectivity index (χ3v) is 5.04. The van der Waals surface area contributed by atoms with Crippen LogP contribution in [0.3, 0.4) is 0 Å². The lowest BCUT2D eigenvalue weighted by atomic mass is 9.93. The van der Waals surface area contributed by atoms with E-state index in [2.05, 4.69) is 12.2 Å². The van der Waals surface area contributed by atoms with Crippen molar-refractivity contribution in [1.29, 1.82) is 0 Å². The van der Waals surface area contributed by atoms with E-state index in [4.69, 9.17) is 4.74 Å². The number of rotatable bonds is 2. The summed E-state index contributed by atoms with van der Waals surface area (Å²) in [5.74, 6) is 0.367. The zero-order chi connectivity index (χ0) is 17.2. The summed E-state index contributed by atoms with van der Waals surface area (Å²) in [4.78, 5) is 27.9. The Balaban J connectivity index is 2.21. The number of hydrogen-bond donors (Lipinski definition) is 1. The van der Waals surface area contributed by atoms with Gasteiger partial charge in [-0.1, -0.05) is 6.92 Å². The first kappa shape index (κ1) is 17.8. The first-order valence-electron chi connectivity index (χ1n) is 8.02. The Hall–Kier alpha value is -1.56. The molecule has 1 aromatic rings. The molecule has 0 spiro atoms. The van der Waals surface area contributed by atoms with Crippen LogP contribution in [0.25, 0.3) is 0 Å². The molecule has 1 aliphatic rings. The van der Waals surface area contributed by atoms with Crippen molar-refractivity contribution in [3.8, 4) is 0 Å². The zero-order valence-corrected chi connectivity index (χ0v) is 15.3. The summed E-state index contributed by atoms with van der Waals surface area (Å²) in [5.41, 5.74) is -0.509. The third-order valence-electron chi connectivity index (χ3n) is 3.85. The van der Waals surface area contributed by atoms with Crippen molar-refractivity contribution in [1.82, 2.24) is 10.2 Å². The minimum Gasteiger partial charge on any atom is -0.444 e. The maximum atomic E-state index is 12.6. The van der Waals surface area contributed by atoms with Gasteiger partial charge in [-0.25, -0.2) is 4.79 Å². The number of nitrogens with zero attached hydrogens (tertiary/aromatic N) is 1. The van der Waals surface area contributed by atoms with Gasteiger partial charge < -0.3 is 15.0 Å². The second kappa shape index (κ2) is 6.91. The van der Waals surface area contributed by atoms with Crippen molar-refractivity contribution < 1.29 is 14.3 Å².